The van der Waals surface area contributed by atoms with Gasteiger partial charge in [0.1, 0.15) is 0 Å². The van der Waals surface area contributed by atoms with Gasteiger partial charge in [-0.05, 0) is 29.8 Å². The Hall–Kier alpha value is -1.48. The molecule has 0 saturated carbocycles. The van der Waals surface area contributed by atoms with E-state index in [4.69, 9.17) is 34.8 Å². The molecule has 102 valence electrons. The highest BCUT2D eigenvalue weighted by molar-refractivity contribution is 6.40. The van der Waals surface area contributed by atoms with Gasteiger partial charge in [0.2, 0.25) is 5.91 Å². The molecule has 20 heavy (non-hydrogen) atoms. The Kier molecular flexibility index (Phi) is 5.07. The van der Waals surface area contributed by atoms with Crippen LogP contribution in [0.4, 0.5) is 5.69 Å². The maximum atomic E-state index is 11.8. The van der Waals surface area contributed by atoms with Crippen molar-refractivity contribution in [3.8, 4) is 0 Å². The summed E-state index contributed by atoms with van der Waals surface area (Å²) < 4.78 is 0. The number of anilines is 1. The minimum atomic E-state index is -0.333. The van der Waals surface area contributed by atoms with E-state index in [9.17, 15) is 4.79 Å². The molecule has 0 atom stereocenters. The number of amides is 1. The van der Waals surface area contributed by atoms with Gasteiger partial charge in [0.25, 0.3) is 0 Å². The van der Waals surface area contributed by atoms with Crippen molar-refractivity contribution in [3.63, 3.8) is 0 Å². The van der Waals surface area contributed by atoms with Gasteiger partial charge in [-0.1, -0.05) is 59.1 Å². The molecule has 0 aliphatic rings. The topological polar surface area (TPSA) is 29.1 Å². The van der Waals surface area contributed by atoms with Crippen LogP contribution < -0.4 is 5.32 Å². The lowest BCUT2D eigenvalue weighted by atomic mass is 10.2. The van der Waals surface area contributed by atoms with Crippen molar-refractivity contribution in [1.29, 1.82) is 0 Å². The molecule has 0 fully saturated rings. The van der Waals surface area contributed by atoms with Crippen molar-refractivity contribution < 1.29 is 4.79 Å². The summed E-state index contributed by atoms with van der Waals surface area (Å²) in [7, 11) is 0. The molecule has 2 aromatic rings. The van der Waals surface area contributed by atoms with Gasteiger partial charge >= 0.3 is 0 Å². The van der Waals surface area contributed by atoms with Crippen LogP contribution >= 0.6 is 34.8 Å². The standard InChI is InChI=1S/C15H10Cl3NO/c16-11-5-2-1-4-10(11)8-9-14(20)19-15-12(17)6-3-7-13(15)18/h1-9H,(H,19,20)/b9-8+. The van der Waals surface area contributed by atoms with Crippen molar-refractivity contribution in [2.24, 2.45) is 0 Å². The van der Waals surface area contributed by atoms with E-state index in [0.29, 0.717) is 20.8 Å². The molecule has 0 aliphatic carbocycles. The molecule has 0 saturated heterocycles. The highest BCUT2D eigenvalue weighted by atomic mass is 35.5. The summed E-state index contributed by atoms with van der Waals surface area (Å²) in [6, 6.07) is 12.2. The van der Waals surface area contributed by atoms with Gasteiger partial charge in [-0.2, -0.15) is 0 Å². The maximum Gasteiger partial charge on any atom is 0.248 e. The lowest BCUT2D eigenvalue weighted by Gasteiger charge is -2.06. The molecule has 1 amide bonds. The zero-order chi connectivity index (χ0) is 14.5. The van der Waals surface area contributed by atoms with Gasteiger partial charge in [0.15, 0.2) is 0 Å². The minimum absolute atomic E-state index is 0.333. The number of halogens is 3. The Morgan fingerprint density at radius 2 is 1.50 bits per heavy atom. The van der Waals surface area contributed by atoms with Gasteiger partial charge in [0.05, 0.1) is 15.7 Å². The molecular weight excluding hydrogens is 317 g/mol. The molecular formula is C15H10Cl3NO. The zero-order valence-corrected chi connectivity index (χ0v) is 12.5. The summed E-state index contributed by atoms with van der Waals surface area (Å²) in [5, 5.41) is 3.98. The van der Waals surface area contributed by atoms with Crippen LogP contribution in [0.25, 0.3) is 6.08 Å². The Balaban J connectivity index is 2.12. The molecule has 2 aromatic carbocycles. The maximum absolute atomic E-state index is 11.8. The number of hydrogen-bond donors (Lipinski definition) is 1. The van der Waals surface area contributed by atoms with Crippen molar-refractivity contribution in [2.45, 2.75) is 0 Å². The van der Waals surface area contributed by atoms with Crippen molar-refractivity contribution in [1.82, 2.24) is 0 Å². The smallest absolute Gasteiger partial charge is 0.248 e. The van der Waals surface area contributed by atoms with Crippen LogP contribution in [-0.2, 0) is 4.79 Å². The summed E-state index contributed by atoms with van der Waals surface area (Å²) in [5.74, 6) is -0.333. The fraction of sp³-hybridized carbons (Fsp3) is 0. The van der Waals surface area contributed by atoms with Gasteiger partial charge < -0.3 is 5.32 Å². The highest BCUT2D eigenvalue weighted by Crippen LogP contribution is 2.29. The first-order valence-electron chi connectivity index (χ1n) is 5.75. The van der Waals surface area contributed by atoms with Gasteiger partial charge in [-0.3, -0.25) is 4.79 Å². The normalized spacial score (nSPS) is 10.8. The minimum Gasteiger partial charge on any atom is -0.320 e. The molecule has 0 spiro atoms. The third-order valence-corrected chi connectivity index (χ3v) is 3.50. The average Bonchev–Trinajstić information content (AvgIpc) is 2.42. The number of benzene rings is 2. The van der Waals surface area contributed by atoms with E-state index in [1.165, 1.54) is 6.08 Å². The molecule has 5 heteroatoms. The molecule has 1 N–H and O–H groups in total. The predicted octanol–water partition coefficient (Wildman–Crippen LogP) is 5.30. The largest absolute Gasteiger partial charge is 0.320 e. The van der Waals surface area contributed by atoms with Crippen molar-refractivity contribution in [3.05, 3.63) is 69.2 Å². The highest BCUT2D eigenvalue weighted by Gasteiger charge is 2.07. The quantitative estimate of drug-likeness (QED) is 0.762. The van der Waals surface area contributed by atoms with Crippen molar-refractivity contribution in [2.75, 3.05) is 5.32 Å². The van der Waals surface area contributed by atoms with Crippen LogP contribution in [0, 0.1) is 0 Å². The van der Waals surface area contributed by atoms with E-state index in [-0.39, 0.29) is 5.91 Å². The Labute approximate surface area is 132 Å². The van der Waals surface area contributed by atoms with E-state index in [0.717, 1.165) is 5.56 Å². The summed E-state index contributed by atoms with van der Waals surface area (Å²) in [6.07, 6.45) is 3.00. The van der Waals surface area contributed by atoms with E-state index in [1.807, 2.05) is 18.2 Å². The second-order valence-electron chi connectivity index (χ2n) is 3.94. The zero-order valence-electron chi connectivity index (χ0n) is 10.2. The predicted molar refractivity (Wildman–Crippen MR) is 85.6 cm³/mol. The summed E-state index contributed by atoms with van der Waals surface area (Å²) in [4.78, 5) is 11.8. The van der Waals surface area contributed by atoms with E-state index in [2.05, 4.69) is 5.32 Å². The number of carbonyl (C=O) groups excluding carboxylic acids is 1. The third kappa shape index (κ3) is 3.76. The SMILES string of the molecule is O=C(/C=C/c1ccccc1Cl)Nc1c(Cl)cccc1Cl. The van der Waals surface area contributed by atoms with E-state index >= 15 is 0 Å². The Morgan fingerprint density at radius 1 is 0.900 bits per heavy atom. The number of nitrogens with one attached hydrogen (secondary N) is 1. The molecule has 0 heterocycles. The summed E-state index contributed by atoms with van der Waals surface area (Å²) >= 11 is 17.9. The summed E-state index contributed by atoms with van der Waals surface area (Å²) in [5.41, 5.74) is 1.15. The molecule has 0 aliphatic heterocycles. The number of carbonyl (C=O) groups is 1. The lowest BCUT2D eigenvalue weighted by Crippen LogP contribution is -2.08. The van der Waals surface area contributed by atoms with Gasteiger partial charge in [-0.25, -0.2) is 0 Å². The van der Waals surface area contributed by atoms with E-state index in [1.54, 1.807) is 30.3 Å². The number of para-hydroxylation sites is 1. The average molecular weight is 327 g/mol. The van der Waals surface area contributed by atoms with Crippen LogP contribution in [0.2, 0.25) is 15.1 Å². The van der Waals surface area contributed by atoms with Crippen LogP contribution in [0.5, 0.6) is 0 Å². The second kappa shape index (κ2) is 6.80. The van der Waals surface area contributed by atoms with Crippen LogP contribution in [0.3, 0.4) is 0 Å². The fourth-order valence-electron chi connectivity index (χ4n) is 1.56. The Morgan fingerprint density at radius 3 is 2.15 bits per heavy atom. The molecule has 2 nitrogen and oxygen atoms in total. The lowest BCUT2D eigenvalue weighted by molar-refractivity contribution is -0.111. The van der Waals surface area contributed by atoms with Crippen LogP contribution in [0.1, 0.15) is 5.56 Å². The molecule has 0 unspecified atom stereocenters. The first-order valence-corrected chi connectivity index (χ1v) is 6.89. The third-order valence-electron chi connectivity index (χ3n) is 2.53. The first kappa shape index (κ1) is 14.9. The first-order chi connectivity index (χ1) is 9.58. The second-order valence-corrected chi connectivity index (χ2v) is 5.16. The number of rotatable bonds is 3. The number of hydrogen-bond acceptors (Lipinski definition) is 1. The van der Waals surface area contributed by atoms with Crippen LogP contribution in [0.15, 0.2) is 48.5 Å². The van der Waals surface area contributed by atoms with Gasteiger partial charge in [-0.15, -0.1) is 0 Å². The monoisotopic (exact) mass is 325 g/mol. The van der Waals surface area contributed by atoms with Gasteiger partial charge in [0, 0.05) is 11.1 Å². The summed E-state index contributed by atoms with van der Waals surface area (Å²) in [6.45, 7) is 0. The fourth-order valence-corrected chi connectivity index (χ4v) is 2.25. The molecule has 0 bridgehead atoms. The van der Waals surface area contributed by atoms with E-state index < -0.39 is 0 Å². The molecule has 0 aromatic heterocycles. The molecule has 2 rings (SSSR count). The van der Waals surface area contributed by atoms with Crippen molar-refractivity contribution >= 4 is 52.5 Å². The molecule has 0 radical (unpaired) electrons. The Bertz CT molecular complexity index is 648. The van der Waals surface area contributed by atoms with Crippen LogP contribution in [-0.4, -0.2) is 5.91 Å².